The second kappa shape index (κ2) is 6.72. The second-order valence-corrected chi connectivity index (χ2v) is 5.27. The summed E-state index contributed by atoms with van der Waals surface area (Å²) in [5.41, 5.74) is 2.03. The molecule has 1 aromatic rings. The van der Waals surface area contributed by atoms with E-state index in [1.807, 2.05) is 31.2 Å². The number of aliphatic carboxylic acids is 1. The number of hydrogen-bond donors (Lipinski definition) is 1. The number of amides is 1. The number of carboxylic acids is 1. The number of benzene rings is 1. The number of likely N-dealkylation sites (N-methyl/N-ethyl adjacent to an activating group) is 1. The summed E-state index contributed by atoms with van der Waals surface area (Å²) < 4.78 is 5.67. The topological polar surface area (TPSA) is 66.8 Å². The van der Waals surface area contributed by atoms with Crippen molar-refractivity contribution in [2.24, 2.45) is 0 Å². The van der Waals surface area contributed by atoms with E-state index in [2.05, 4.69) is 0 Å². The van der Waals surface area contributed by atoms with Crippen LogP contribution >= 0.6 is 0 Å². The zero-order valence-corrected chi connectivity index (χ0v) is 12.4. The molecule has 1 aliphatic rings. The Labute approximate surface area is 124 Å². The Morgan fingerprint density at radius 3 is 2.81 bits per heavy atom. The van der Waals surface area contributed by atoms with Crippen molar-refractivity contribution in [3.05, 3.63) is 35.4 Å². The molecule has 1 aromatic carbocycles. The molecule has 0 aliphatic carbocycles. The normalized spacial score (nSPS) is 18.7. The van der Waals surface area contributed by atoms with Crippen molar-refractivity contribution < 1.29 is 19.4 Å². The predicted octanol–water partition coefficient (Wildman–Crippen LogP) is 2.01. The molecule has 5 nitrogen and oxygen atoms in total. The van der Waals surface area contributed by atoms with Crippen molar-refractivity contribution in [2.45, 2.75) is 38.8 Å². The van der Waals surface area contributed by atoms with Crippen molar-refractivity contribution in [2.75, 3.05) is 13.2 Å². The van der Waals surface area contributed by atoms with Crippen LogP contribution in [0.15, 0.2) is 24.3 Å². The molecule has 0 saturated heterocycles. The Morgan fingerprint density at radius 2 is 2.14 bits per heavy atom. The number of rotatable bonds is 5. The van der Waals surface area contributed by atoms with Crippen LogP contribution in [0.25, 0.3) is 0 Å². The second-order valence-electron chi connectivity index (χ2n) is 5.27. The monoisotopic (exact) mass is 291 g/mol. The number of hydrogen-bond acceptors (Lipinski definition) is 3. The molecular formula is C16H21NO4. The van der Waals surface area contributed by atoms with Gasteiger partial charge in [-0.15, -0.1) is 0 Å². The third-order valence-corrected chi connectivity index (χ3v) is 3.84. The molecule has 0 fully saturated rings. The fourth-order valence-corrected chi connectivity index (χ4v) is 2.80. The molecule has 0 bridgehead atoms. The number of carbonyl (C=O) groups is 2. The van der Waals surface area contributed by atoms with Crippen LogP contribution in [-0.2, 0) is 20.7 Å². The Balaban J connectivity index is 2.21. The SMILES string of the molecule is CCN(C(=O)C1OCCc2ccccc21)C(C)CC(=O)O. The Morgan fingerprint density at radius 1 is 1.43 bits per heavy atom. The molecule has 5 heteroatoms. The van der Waals surface area contributed by atoms with Gasteiger partial charge in [0.2, 0.25) is 0 Å². The lowest BCUT2D eigenvalue weighted by molar-refractivity contribution is -0.148. The summed E-state index contributed by atoms with van der Waals surface area (Å²) in [7, 11) is 0. The van der Waals surface area contributed by atoms with Gasteiger partial charge in [-0.1, -0.05) is 24.3 Å². The van der Waals surface area contributed by atoms with Gasteiger partial charge in [0.1, 0.15) is 0 Å². The lowest BCUT2D eigenvalue weighted by Crippen LogP contribution is -2.43. The molecule has 114 valence electrons. The van der Waals surface area contributed by atoms with Gasteiger partial charge in [-0.05, 0) is 31.4 Å². The van der Waals surface area contributed by atoms with Crippen LogP contribution in [0.4, 0.5) is 0 Å². The molecule has 0 radical (unpaired) electrons. The first-order valence-corrected chi connectivity index (χ1v) is 7.26. The first kappa shape index (κ1) is 15.5. The van der Waals surface area contributed by atoms with Crippen molar-refractivity contribution in [1.82, 2.24) is 4.90 Å². The average molecular weight is 291 g/mol. The summed E-state index contributed by atoms with van der Waals surface area (Å²) in [6.45, 7) is 4.59. The van der Waals surface area contributed by atoms with E-state index in [0.717, 1.165) is 17.5 Å². The highest BCUT2D eigenvalue weighted by atomic mass is 16.5. The highest BCUT2D eigenvalue weighted by Gasteiger charge is 2.32. The minimum atomic E-state index is -0.904. The quantitative estimate of drug-likeness (QED) is 0.901. The van der Waals surface area contributed by atoms with E-state index >= 15 is 0 Å². The van der Waals surface area contributed by atoms with Gasteiger partial charge in [0.05, 0.1) is 13.0 Å². The number of carbonyl (C=O) groups excluding carboxylic acids is 1. The molecule has 1 N–H and O–H groups in total. The lowest BCUT2D eigenvalue weighted by atomic mass is 9.96. The molecular weight excluding hydrogens is 270 g/mol. The van der Waals surface area contributed by atoms with Crippen LogP contribution in [0.2, 0.25) is 0 Å². The summed E-state index contributed by atoms with van der Waals surface area (Å²) in [4.78, 5) is 25.2. The van der Waals surface area contributed by atoms with E-state index in [4.69, 9.17) is 9.84 Å². The Bertz CT molecular complexity index is 529. The van der Waals surface area contributed by atoms with Gasteiger partial charge in [0, 0.05) is 12.6 Å². The highest BCUT2D eigenvalue weighted by molar-refractivity contribution is 5.83. The summed E-state index contributed by atoms with van der Waals surface area (Å²) in [5, 5.41) is 8.91. The first-order valence-electron chi connectivity index (χ1n) is 7.26. The third-order valence-electron chi connectivity index (χ3n) is 3.84. The van der Waals surface area contributed by atoms with Gasteiger partial charge in [-0.3, -0.25) is 9.59 Å². The van der Waals surface area contributed by atoms with Gasteiger partial charge in [-0.25, -0.2) is 0 Å². The van der Waals surface area contributed by atoms with Gasteiger partial charge in [0.25, 0.3) is 5.91 Å². The molecule has 21 heavy (non-hydrogen) atoms. The van der Waals surface area contributed by atoms with E-state index in [0.29, 0.717) is 13.2 Å². The van der Waals surface area contributed by atoms with Crippen LogP contribution in [-0.4, -0.2) is 41.1 Å². The van der Waals surface area contributed by atoms with Gasteiger partial charge in [-0.2, -0.15) is 0 Å². The lowest BCUT2D eigenvalue weighted by Gasteiger charge is -2.33. The number of carboxylic acid groups (broad SMARTS) is 1. The maximum Gasteiger partial charge on any atom is 0.305 e. The molecule has 1 heterocycles. The zero-order chi connectivity index (χ0) is 15.4. The Hall–Kier alpha value is -1.88. The predicted molar refractivity (Wildman–Crippen MR) is 77.9 cm³/mol. The van der Waals surface area contributed by atoms with Crippen LogP contribution in [0, 0.1) is 0 Å². The summed E-state index contributed by atoms with van der Waals surface area (Å²) in [6, 6.07) is 7.42. The summed E-state index contributed by atoms with van der Waals surface area (Å²) in [5.74, 6) is -1.06. The van der Waals surface area contributed by atoms with Crippen LogP contribution < -0.4 is 0 Å². The molecule has 0 saturated carbocycles. The molecule has 2 atom stereocenters. The molecule has 0 aromatic heterocycles. The Kier molecular flexibility index (Phi) is 4.96. The fourth-order valence-electron chi connectivity index (χ4n) is 2.80. The van der Waals surface area contributed by atoms with Crippen molar-refractivity contribution in [3.8, 4) is 0 Å². The van der Waals surface area contributed by atoms with Crippen LogP contribution in [0.3, 0.4) is 0 Å². The summed E-state index contributed by atoms with van der Waals surface area (Å²) in [6.07, 6.45) is 0.121. The first-order chi connectivity index (χ1) is 10.0. The fraction of sp³-hybridized carbons (Fsp3) is 0.500. The number of ether oxygens (including phenoxy) is 1. The average Bonchev–Trinajstić information content (AvgIpc) is 2.46. The molecule has 2 unspecified atom stereocenters. The maximum absolute atomic E-state index is 12.7. The zero-order valence-electron chi connectivity index (χ0n) is 12.4. The van der Waals surface area contributed by atoms with E-state index < -0.39 is 12.1 Å². The minimum absolute atomic E-state index is 0.0616. The standard InChI is InChI=1S/C16H21NO4/c1-3-17(11(2)10-14(18)19)16(20)15-13-7-5-4-6-12(13)8-9-21-15/h4-7,11,15H,3,8-10H2,1-2H3,(H,18,19). The third kappa shape index (κ3) is 3.42. The van der Waals surface area contributed by atoms with E-state index in [1.165, 1.54) is 0 Å². The van der Waals surface area contributed by atoms with Gasteiger partial charge >= 0.3 is 5.97 Å². The smallest absolute Gasteiger partial charge is 0.305 e. The number of nitrogens with zero attached hydrogens (tertiary/aromatic N) is 1. The molecule has 1 aliphatic heterocycles. The highest BCUT2D eigenvalue weighted by Crippen LogP contribution is 2.29. The molecule has 1 amide bonds. The summed E-state index contributed by atoms with van der Waals surface area (Å²) >= 11 is 0. The van der Waals surface area contributed by atoms with Gasteiger partial charge in [0.15, 0.2) is 6.10 Å². The van der Waals surface area contributed by atoms with Gasteiger partial charge < -0.3 is 14.7 Å². The van der Waals surface area contributed by atoms with Crippen molar-refractivity contribution in [3.63, 3.8) is 0 Å². The number of fused-ring (bicyclic) bond motifs is 1. The van der Waals surface area contributed by atoms with Crippen molar-refractivity contribution in [1.29, 1.82) is 0 Å². The van der Waals surface area contributed by atoms with E-state index in [1.54, 1.807) is 11.8 Å². The van der Waals surface area contributed by atoms with E-state index in [9.17, 15) is 9.59 Å². The largest absolute Gasteiger partial charge is 0.481 e. The minimum Gasteiger partial charge on any atom is -0.481 e. The maximum atomic E-state index is 12.7. The van der Waals surface area contributed by atoms with Crippen LogP contribution in [0.1, 0.15) is 37.5 Å². The van der Waals surface area contributed by atoms with E-state index in [-0.39, 0.29) is 18.4 Å². The van der Waals surface area contributed by atoms with Crippen LogP contribution in [0.5, 0.6) is 0 Å². The molecule has 0 spiro atoms. The van der Waals surface area contributed by atoms with Crippen molar-refractivity contribution >= 4 is 11.9 Å². The molecule has 2 rings (SSSR count).